The molecule has 0 atom stereocenters. The number of hydrogen-bond acceptors (Lipinski definition) is 4. The SMILES string of the molecule is C#Cc1csc(C(=O)OCC)n1. The number of ether oxygens (including phenoxy) is 1. The number of carbonyl (C=O) groups is 1. The summed E-state index contributed by atoms with van der Waals surface area (Å²) in [5.74, 6) is 1.92. The van der Waals surface area contributed by atoms with Gasteiger partial charge in [-0.25, -0.2) is 9.78 Å². The maximum atomic E-state index is 11.0. The summed E-state index contributed by atoms with van der Waals surface area (Å²) < 4.78 is 4.73. The highest BCUT2D eigenvalue weighted by Gasteiger charge is 2.10. The van der Waals surface area contributed by atoms with Crippen LogP contribution in [0.1, 0.15) is 22.4 Å². The fourth-order valence-corrected chi connectivity index (χ4v) is 1.28. The van der Waals surface area contributed by atoms with Gasteiger partial charge in [0.1, 0.15) is 5.69 Å². The van der Waals surface area contributed by atoms with Gasteiger partial charge in [0.15, 0.2) is 0 Å². The summed E-state index contributed by atoms with van der Waals surface area (Å²) in [4.78, 5) is 14.9. The minimum atomic E-state index is -0.413. The van der Waals surface area contributed by atoms with Gasteiger partial charge in [-0.05, 0) is 12.8 Å². The molecule has 0 N–H and O–H groups in total. The van der Waals surface area contributed by atoms with Gasteiger partial charge in [0.2, 0.25) is 5.01 Å². The van der Waals surface area contributed by atoms with Crippen LogP contribution in [0.15, 0.2) is 5.38 Å². The number of nitrogens with zero attached hydrogens (tertiary/aromatic N) is 1. The van der Waals surface area contributed by atoms with Crippen LogP contribution in [-0.2, 0) is 4.74 Å². The molecular formula is C8H7NO2S. The average Bonchev–Trinajstić information content (AvgIpc) is 2.52. The Labute approximate surface area is 74.4 Å². The summed E-state index contributed by atoms with van der Waals surface area (Å²) in [6, 6.07) is 0. The van der Waals surface area contributed by atoms with Gasteiger partial charge < -0.3 is 4.74 Å². The molecule has 0 unspecified atom stereocenters. The van der Waals surface area contributed by atoms with E-state index in [0.717, 1.165) is 0 Å². The second kappa shape index (κ2) is 3.88. The molecule has 0 fully saturated rings. The van der Waals surface area contributed by atoms with Gasteiger partial charge in [0, 0.05) is 5.38 Å². The zero-order chi connectivity index (χ0) is 8.97. The van der Waals surface area contributed by atoms with Crippen molar-refractivity contribution >= 4 is 17.3 Å². The predicted octanol–water partition coefficient (Wildman–Crippen LogP) is 1.30. The summed E-state index contributed by atoms with van der Waals surface area (Å²) in [6.07, 6.45) is 5.08. The molecule has 0 aliphatic rings. The summed E-state index contributed by atoms with van der Waals surface area (Å²) in [6.45, 7) is 2.09. The van der Waals surface area contributed by atoms with Gasteiger partial charge in [0.05, 0.1) is 6.61 Å². The molecule has 0 aliphatic carbocycles. The van der Waals surface area contributed by atoms with Crippen LogP contribution in [0.5, 0.6) is 0 Å². The molecule has 0 amide bonds. The van der Waals surface area contributed by atoms with Crippen LogP contribution in [0.4, 0.5) is 0 Å². The molecule has 0 saturated carbocycles. The van der Waals surface area contributed by atoms with Gasteiger partial charge in [-0.1, -0.05) is 0 Å². The van der Waals surface area contributed by atoms with Crippen LogP contribution >= 0.6 is 11.3 Å². The maximum absolute atomic E-state index is 11.0. The van der Waals surface area contributed by atoms with E-state index in [9.17, 15) is 4.79 Å². The fourth-order valence-electron chi connectivity index (χ4n) is 0.627. The van der Waals surface area contributed by atoms with Crippen molar-refractivity contribution in [3.8, 4) is 12.3 Å². The van der Waals surface area contributed by atoms with Crippen LogP contribution < -0.4 is 0 Å². The van der Waals surface area contributed by atoms with Gasteiger partial charge in [-0.3, -0.25) is 0 Å². The van der Waals surface area contributed by atoms with Crippen LogP contribution in [0, 0.1) is 12.3 Å². The van der Waals surface area contributed by atoms with E-state index >= 15 is 0 Å². The van der Waals surface area contributed by atoms with Crippen LogP contribution in [0.3, 0.4) is 0 Å². The molecule has 0 spiro atoms. The molecule has 0 aromatic carbocycles. The highest BCUT2D eigenvalue weighted by molar-refractivity contribution is 7.11. The lowest BCUT2D eigenvalue weighted by atomic mass is 10.5. The third kappa shape index (κ3) is 1.83. The van der Waals surface area contributed by atoms with Crippen LogP contribution in [-0.4, -0.2) is 17.6 Å². The normalized spacial score (nSPS) is 9.00. The molecule has 1 rings (SSSR count). The maximum Gasteiger partial charge on any atom is 0.367 e. The average molecular weight is 181 g/mol. The first kappa shape index (κ1) is 8.75. The van der Waals surface area contributed by atoms with Crippen molar-refractivity contribution < 1.29 is 9.53 Å². The Balaban J connectivity index is 2.76. The molecule has 12 heavy (non-hydrogen) atoms. The molecule has 0 bridgehead atoms. The van der Waals surface area contributed by atoms with Crippen molar-refractivity contribution in [1.82, 2.24) is 4.98 Å². The molecule has 1 aromatic rings. The Bertz CT molecular complexity index is 324. The quantitative estimate of drug-likeness (QED) is 0.510. The third-order valence-electron chi connectivity index (χ3n) is 1.10. The molecule has 0 radical (unpaired) electrons. The summed E-state index contributed by atoms with van der Waals surface area (Å²) in [5.41, 5.74) is 0.475. The number of rotatable bonds is 2. The molecule has 1 heterocycles. The first-order chi connectivity index (χ1) is 5.77. The number of terminal acetylenes is 1. The van der Waals surface area contributed by atoms with Crippen LogP contribution in [0.25, 0.3) is 0 Å². The van der Waals surface area contributed by atoms with Crippen molar-refractivity contribution in [1.29, 1.82) is 0 Å². The molecule has 3 nitrogen and oxygen atoms in total. The second-order valence-corrected chi connectivity index (χ2v) is 2.76. The lowest BCUT2D eigenvalue weighted by molar-refractivity contribution is 0.0526. The molecule has 62 valence electrons. The van der Waals surface area contributed by atoms with Crippen molar-refractivity contribution in [2.75, 3.05) is 6.61 Å². The van der Waals surface area contributed by atoms with Gasteiger partial charge in [-0.15, -0.1) is 17.8 Å². The van der Waals surface area contributed by atoms with Crippen LogP contribution in [0.2, 0.25) is 0 Å². The minimum Gasteiger partial charge on any atom is -0.461 e. The highest BCUT2D eigenvalue weighted by Crippen LogP contribution is 2.09. The molecular weight excluding hydrogens is 174 g/mol. The molecule has 0 aliphatic heterocycles. The second-order valence-electron chi connectivity index (χ2n) is 1.90. The largest absolute Gasteiger partial charge is 0.461 e. The van der Waals surface area contributed by atoms with Crippen molar-refractivity contribution in [2.45, 2.75) is 6.92 Å². The zero-order valence-corrected chi connectivity index (χ0v) is 7.35. The molecule has 0 saturated heterocycles. The lowest BCUT2D eigenvalue weighted by Crippen LogP contribution is -2.03. The highest BCUT2D eigenvalue weighted by atomic mass is 32.1. The van der Waals surface area contributed by atoms with E-state index in [4.69, 9.17) is 11.2 Å². The van der Waals surface area contributed by atoms with E-state index in [1.807, 2.05) is 0 Å². The number of aromatic nitrogens is 1. The van der Waals surface area contributed by atoms with E-state index in [-0.39, 0.29) is 0 Å². The van der Waals surface area contributed by atoms with Crippen molar-refractivity contribution in [3.05, 3.63) is 16.1 Å². The lowest BCUT2D eigenvalue weighted by Gasteiger charge is -1.94. The first-order valence-electron chi connectivity index (χ1n) is 3.37. The predicted molar refractivity (Wildman–Crippen MR) is 46.0 cm³/mol. The number of thiazole rings is 1. The summed E-state index contributed by atoms with van der Waals surface area (Å²) in [5, 5.41) is 1.96. The Morgan fingerprint density at radius 3 is 3.17 bits per heavy atom. The number of hydrogen-bond donors (Lipinski definition) is 0. The monoisotopic (exact) mass is 181 g/mol. The van der Waals surface area contributed by atoms with E-state index in [2.05, 4.69) is 10.9 Å². The van der Waals surface area contributed by atoms with E-state index < -0.39 is 5.97 Å². The minimum absolute atomic E-state index is 0.310. The first-order valence-corrected chi connectivity index (χ1v) is 4.25. The number of carbonyl (C=O) groups excluding carboxylic acids is 1. The summed E-state index contributed by atoms with van der Waals surface area (Å²) in [7, 11) is 0. The standard InChI is InChI=1S/C8H7NO2S/c1-3-6-5-12-7(9-6)8(10)11-4-2/h1,5H,4H2,2H3. The fraction of sp³-hybridized carbons (Fsp3) is 0.250. The van der Waals surface area contributed by atoms with Gasteiger partial charge >= 0.3 is 5.97 Å². The third-order valence-corrected chi connectivity index (χ3v) is 1.92. The van der Waals surface area contributed by atoms with Gasteiger partial charge in [0.25, 0.3) is 0 Å². The van der Waals surface area contributed by atoms with Crippen molar-refractivity contribution in [3.63, 3.8) is 0 Å². The number of esters is 1. The summed E-state index contributed by atoms with van der Waals surface area (Å²) >= 11 is 1.19. The van der Waals surface area contributed by atoms with E-state index in [1.54, 1.807) is 12.3 Å². The van der Waals surface area contributed by atoms with E-state index in [0.29, 0.717) is 17.3 Å². The van der Waals surface area contributed by atoms with E-state index in [1.165, 1.54) is 11.3 Å². The Morgan fingerprint density at radius 2 is 2.67 bits per heavy atom. The smallest absolute Gasteiger partial charge is 0.367 e. The van der Waals surface area contributed by atoms with Gasteiger partial charge in [-0.2, -0.15) is 0 Å². The Hall–Kier alpha value is -1.34. The topological polar surface area (TPSA) is 39.2 Å². The van der Waals surface area contributed by atoms with Crippen molar-refractivity contribution in [2.24, 2.45) is 0 Å². The zero-order valence-electron chi connectivity index (χ0n) is 6.53. The molecule has 4 heteroatoms. The Kier molecular flexibility index (Phi) is 2.83. The Morgan fingerprint density at radius 1 is 1.92 bits per heavy atom. The molecule has 1 aromatic heterocycles.